The Labute approximate surface area is 166 Å². The van der Waals surface area contributed by atoms with E-state index in [4.69, 9.17) is 11.6 Å². The lowest BCUT2D eigenvalue weighted by atomic mass is 9.95. The Hall–Kier alpha value is -2.56. The molecule has 0 unspecified atom stereocenters. The van der Waals surface area contributed by atoms with E-state index in [-0.39, 0.29) is 11.7 Å². The number of fused-ring (bicyclic) bond motifs is 1. The maximum Gasteiger partial charge on any atom is 0.269 e. The second-order valence-corrected chi connectivity index (χ2v) is 7.46. The molecule has 2 aromatic rings. The molecule has 1 aromatic heterocycles. The van der Waals surface area contributed by atoms with Crippen LogP contribution in [-0.4, -0.2) is 22.6 Å². The van der Waals surface area contributed by atoms with E-state index in [0.29, 0.717) is 21.2 Å². The molecule has 8 heteroatoms. The first-order valence-corrected chi connectivity index (χ1v) is 9.83. The quantitative estimate of drug-likeness (QED) is 0.607. The van der Waals surface area contributed by atoms with E-state index in [1.54, 1.807) is 24.3 Å². The van der Waals surface area contributed by atoms with Crippen LogP contribution in [0.5, 0.6) is 0 Å². The second kappa shape index (κ2) is 8.89. The summed E-state index contributed by atoms with van der Waals surface area (Å²) in [5, 5.41) is 10.4. The lowest BCUT2D eigenvalue weighted by molar-refractivity contribution is -0.119. The lowest BCUT2D eigenvalue weighted by Gasteiger charge is -2.16. The van der Waals surface area contributed by atoms with Gasteiger partial charge in [0, 0.05) is 16.3 Å². The van der Waals surface area contributed by atoms with Crippen molar-refractivity contribution in [3.05, 3.63) is 57.7 Å². The molecule has 2 amide bonds. The number of nitriles is 1. The first-order chi connectivity index (χ1) is 13.1. The molecule has 138 valence electrons. The monoisotopic (exact) mass is 400 g/mol. The summed E-state index contributed by atoms with van der Waals surface area (Å²) in [7, 11) is 0. The van der Waals surface area contributed by atoms with Gasteiger partial charge < -0.3 is 0 Å². The third-order valence-corrected chi connectivity index (χ3v) is 5.39. The minimum Gasteiger partial charge on any atom is -0.272 e. The highest BCUT2D eigenvalue weighted by Crippen LogP contribution is 2.27. The SMILES string of the molecule is N#Cc1cc2c(nc1SCC(=O)NNC(=O)c1ccc(Cl)cc1)CCCC2. The van der Waals surface area contributed by atoms with Gasteiger partial charge in [-0.3, -0.25) is 20.4 Å². The number of rotatable bonds is 4. The van der Waals surface area contributed by atoms with E-state index >= 15 is 0 Å². The fourth-order valence-electron chi connectivity index (χ4n) is 2.77. The number of thioether (sulfide) groups is 1. The Morgan fingerprint density at radius 2 is 1.93 bits per heavy atom. The number of benzene rings is 1. The Morgan fingerprint density at radius 3 is 2.67 bits per heavy atom. The molecule has 27 heavy (non-hydrogen) atoms. The van der Waals surface area contributed by atoms with Crippen molar-refractivity contribution in [1.29, 1.82) is 5.26 Å². The van der Waals surface area contributed by atoms with E-state index in [0.717, 1.165) is 36.9 Å². The number of amides is 2. The van der Waals surface area contributed by atoms with Gasteiger partial charge in [-0.15, -0.1) is 0 Å². The number of halogens is 1. The molecule has 1 aliphatic carbocycles. The molecule has 0 spiro atoms. The summed E-state index contributed by atoms with van der Waals surface area (Å²) < 4.78 is 0. The zero-order chi connectivity index (χ0) is 19.2. The maximum absolute atomic E-state index is 12.0. The number of carbonyl (C=O) groups is 2. The number of hydrogen-bond acceptors (Lipinski definition) is 5. The number of nitrogens with zero attached hydrogens (tertiary/aromatic N) is 2. The average Bonchev–Trinajstić information content (AvgIpc) is 2.70. The van der Waals surface area contributed by atoms with Crippen LogP contribution >= 0.6 is 23.4 Å². The molecular formula is C19H17ClN4O2S. The van der Waals surface area contributed by atoms with Gasteiger partial charge in [0.05, 0.1) is 11.3 Å². The van der Waals surface area contributed by atoms with Crippen LogP contribution < -0.4 is 10.9 Å². The summed E-state index contributed by atoms with van der Waals surface area (Å²) in [6.45, 7) is 0. The standard InChI is InChI=1S/C19H17ClN4O2S/c20-15-7-5-12(6-8-15)18(26)24-23-17(25)11-27-19-14(10-21)9-13-3-1-2-4-16(13)22-19/h5-9H,1-4,11H2,(H,23,25)(H,24,26). The molecule has 1 heterocycles. The van der Waals surface area contributed by atoms with Crippen LogP contribution in [0.4, 0.5) is 0 Å². The molecule has 0 radical (unpaired) electrons. The van der Waals surface area contributed by atoms with Crippen LogP contribution in [-0.2, 0) is 17.6 Å². The van der Waals surface area contributed by atoms with E-state index in [1.807, 2.05) is 6.07 Å². The van der Waals surface area contributed by atoms with Crippen LogP contribution in [0.15, 0.2) is 35.4 Å². The Bertz CT molecular complexity index is 909. The molecule has 2 N–H and O–H groups in total. The van der Waals surface area contributed by atoms with Crippen molar-refractivity contribution in [2.24, 2.45) is 0 Å². The molecule has 1 aliphatic rings. The van der Waals surface area contributed by atoms with Crippen LogP contribution in [0.3, 0.4) is 0 Å². The smallest absolute Gasteiger partial charge is 0.269 e. The Kier molecular flexibility index (Phi) is 6.32. The molecular weight excluding hydrogens is 384 g/mol. The summed E-state index contributed by atoms with van der Waals surface area (Å²) >= 11 is 6.97. The summed E-state index contributed by atoms with van der Waals surface area (Å²) in [6.07, 6.45) is 4.05. The van der Waals surface area contributed by atoms with Crippen LogP contribution in [0.2, 0.25) is 5.02 Å². The largest absolute Gasteiger partial charge is 0.272 e. The zero-order valence-corrected chi connectivity index (χ0v) is 16.0. The van der Waals surface area contributed by atoms with Gasteiger partial charge in [-0.05, 0) is 61.6 Å². The van der Waals surface area contributed by atoms with Gasteiger partial charge in [0.2, 0.25) is 5.91 Å². The van der Waals surface area contributed by atoms with Gasteiger partial charge in [-0.25, -0.2) is 4.98 Å². The molecule has 0 aliphatic heterocycles. The number of aromatic nitrogens is 1. The zero-order valence-electron chi connectivity index (χ0n) is 14.4. The lowest BCUT2D eigenvalue weighted by Crippen LogP contribution is -2.42. The predicted molar refractivity (Wildman–Crippen MR) is 103 cm³/mol. The highest BCUT2D eigenvalue weighted by atomic mass is 35.5. The molecule has 1 aromatic carbocycles. The summed E-state index contributed by atoms with van der Waals surface area (Å²) in [5.41, 5.74) is 7.72. The highest BCUT2D eigenvalue weighted by Gasteiger charge is 2.16. The molecule has 0 bridgehead atoms. The number of carbonyl (C=O) groups excluding carboxylic acids is 2. The fraction of sp³-hybridized carbons (Fsp3) is 0.263. The average molecular weight is 401 g/mol. The molecule has 0 fully saturated rings. The topological polar surface area (TPSA) is 94.9 Å². The van der Waals surface area contributed by atoms with Gasteiger partial charge in [0.1, 0.15) is 11.1 Å². The van der Waals surface area contributed by atoms with Crippen molar-refractivity contribution in [3.63, 3.8) is 0 Å². The first-order valence-electron chi connectivity index (χ1n) is 8.47. The van der Waals surface area contributed by atoms with Crippen molar-refractivity contribution in [1.82, 2.24) is 15.8 Å². The molecule has 0 saturated heterocycles. The molecule has 6 nitrogen and oxygen atoms in total. The fourth-order valence-corrected chi connectivity index (χ4v) is 3.68. The highest BCUT2D eigenvalue weighted by molar-refractivity contribution is 8.00. The normalized spacial score (nSPS) is 12.6. The first kappa shape index (κ1) is 19.2. The van der Waals surface area contributed by atoms with Crippen LogP contribution in [0.25, 0.3) is 0 Å². The summed E-state index contributed by atoms with van der Waals surface area (Å²) in [6, 6.07) is 10.4. The van der Waals surface area contributed by atoms with Crippen molar-refractivity contribution in [3.8, 4) is 6.07 Å². The predicted octanol–water partition coefficient (Wildman–Crippen LogP) is 3.04. The van der Waals surface area contributed by atoms with Crippen molar-refractivity contribution >= 4 is 35.2 Å². The Morgan fingerprint density at radius 1 is 1.19 bits per heavy atom. The van der Waals surface area contributed by atoms with Gasteiger partial charge in [0.15, 0.2) is 0 Å². The number of hydrazine groups is 1. The number of pyridine rings is 1. The third kappa shape index (κ3) is 5.00. The van der Waals surface area contributed by atoms with Crippen molar-refractivity contribution in [2.45, 2.75) is 30.7 Å². The van der Waals surface area contributed by atoms with E-state index < -0.39 is 5.91 Å². The van der Waals surface area contributed by atoms with Crippen LogP contribution in [0, 0.1) is 11.3 Å². The Balaban J connectivity index is 1.55. The van der Waals surface area contributed by atoms with Gasteiger partial charge in [-0.1, -0.05) is 23.4 Å². The van der Waals surface area contributed by atoms with E-state index in [2.05, 4.69) is 21.9 Å². The minimum atomic E-state index is -0.436. The minimum absolute atomic E-state index is 0.0430. The van der Waals surface area contributed by atoms with E-state index in [1.165, 1.54) is 11.8 Å². The molecule has 3 rings (SSSR count). The van der Waals surface area contributed by atoms with Crippen molar-refractivity contribution in [2.75, 3.05) is 5.75 Å². The number of nitrogens with one attached hydrogen (secondary N) is 2. The van der Waals surface area contributed by atoms with Gasteiger partial charge >= 0.3 is 0 Å². The van der Waals surface area contributed by atoms with Crippen molar-refractivity contribution < 1.29 is 9.59 Å². The maximum atomic E-state index is 12.0. The summed E-state index contributed by atoms with van der Waals surface area (Å²) in [5.74, 6) is -0.776. The van der Waals surface area contributed by atoms with E-state index in [9.17, 15) is 14.9 Å². The van der Waals surface area contributed by atoms with Gasteiger partial charge in [0.25, 0.3) is 5.91 Å². The summed E-state index contributed by atoms with van der Waals surface area (Å²) in [4.78, 5) is 28.5. The third-order valence-electron chi connectivity index (χ3n) is 4.15. The molecule has 0 saturated carbocycles. The number of aryl methyl sites for hydroxylation is 2. The molecule has 0 atom stereocenters. The second-order valence-electron chi connectivity index (χ2n) is 6.06. The van der Waals surface area contributed by atoms with Crippen LogP contribution in [0.1, 0.15) is 40.0 Å². The number of hydrogen-bond donors (Lipinski definition) is 2. The van der Waals surface area contributed by atoms with Gasteiger partial charge in [-0.2, -0.15) is 5.26 Å².